The van der Waals surface area contributed by atoms with Crippen LogP contribution < -0.4 is 15.4 Å². The number of hydrogen-bond acceptors (Lipinski definition) is 3. The fraction of sp³-hybridized carbons (Fsp3) is 0.125. The number of Topliss-reactive ketones (excluding diaryl/α,β-unsaturated/α-hetero) is 1. The topological polar surface area (TPSA) is 50.4 Å². The van der Waals surface area contributed by atoms with Crippen LogP contribution in [0.2, 0.25) is 0 Å². The SMILES string of the molecule is COc1ccccc1NC(=S)Nc1ccc(C(C)=O)cc1. The fourth-order valence-corrected chi connectivity index (χ4v) is 2.05. The number of rotatable bonds is 4. The molecule has 0 aliphatic heterocycles. The molecule has 4 nitrogen and oxygen atoms in total. The molecular formula is C16H16N2O2S. The Kier molecular flexibility index (Phi) is 4.90. The third-order valence-corrected chi connectivity index (χ3v) is 3.11. The number of carbonyl (C=O) groups is 1. The van der Waals surface area contributed by atoms with Gasteiger partial charge in [-0.25, -0.2) is 0 Å². The van der Waals surface area contributed by atoms with E-state index in [2.05, 4.69) is 10.6 Å². The molecule has 5 heteroatoms. The van der Waals surface area contributed by atoms with Crippen molar-refractivity contribution in [3.63, 3.8) is 0 Å². The van der Waals surface area contributed by atoms with E-state index >= 15 is 0 Å². The lowest BCUT2D eigenvalue weighted by Crippen LogP contribution is -2.19. The zero-order chi connectivity index (χ0) is 15.2. The predicted octanol–water partition coefficient (Wildman–Crippen LogP) is 3.71. The number of para-hydroxylation sites is 2. The lowest BCUT2D eigenvalue weighted by molar-refractivity contribution is 0.101. The lowest BCUT2D eigenvalue weighted by atomic mass is 10.1. The van der Waals surface area contributed by atoms with Gasteiger partial charge in [0, 0.05) is 11.3 Å². The molecule has 0 fully saturated rings. The molecule has 0 amide bonds. The Labute approximate surface area is 129 Å². The third kappa shape index (κ3) is 4.03. The van der Waals surface area contributed by atoms with E-state index in [-0.39, 0.29) is 5.78 Å². The first-order chi connectivity index (χ1) is 10.1. The predicted molar refractivity (Wildman–Crippen MR) is 89.3 cm³/mol. The summed E-state index contributed by atoms with van der Waals surface area (Å²) in [6, 6.07) is 14.7. The lowest BCUT2D eigenvalue weighted by Gasteiger charge is -2.13. The van der Waals surface area contributed by atoms with Crippen LogP contribution in [-0.4, -0.2) is 18.0 Å². The number of thiocarbonyl (C=S) groups is 1. The van der Waals surface area contributed by atoms with E-state index in [1.165, 1.54) is 6.92 Å². The summed E-state index contributed by atoms with van der Waals surface area (Å²) in [6.45, 7) is 1.54. The fourth-order valence-electron chi connectivity index (χ4n) is 1.82. The Hall–Kier alpha value is -2.40. The van der Waals surface area contributed by atoms with Crippen molar-refractivity contribution in [3.05, 3.63) is 54.1 Å². The Balaban J connectivity index is 2.03. The van der Waals surface area contributed by atoms with Gasteiger partial charge in [-0.1, -0.05) is 12.1 Å². The van der Waals surface area contributed by atoms with Crippen molar-refractivity contribution in [1.82, 2.24) is 0 Å². The molecule has 0 radical (unpaired) electrons. The first-order valence-electron chi connectivity index (χ1n) is 6.42. The quantitative estimate of drug-likeness (QED) is 0.666. The van der Waals surface area contributed by atoms with Crippen LogP contribution in [0.1, 0.15) is 17.3 Å². The monoisotopic (exact) mass is 300 g/mol. The average molecular weight is 300 g/mol. The van der Waals surface area contributed by atoms with Gasteiger partial charge in [0.15, 0.2) is 10.9 Å². The maximum atomic E-state index is 11.2. The van der Waals surface area contributed by atoms with Gasteiger partial charge in [0.1, 0.15) is 5.75 Å². The van der Waals surface area contributed by atoms with Crippen LogP contribution in [-0.2, 0) is 0 Å². The smallest absolute Gasteiger partial charge is 0.175 e. The molecule has 0 bridgehead atoms. The van der Waals surface area contributed by atoms with Gasteiger partial charge in [0.05, 0.1) is 12.8 Å². The number of ether oxygens (including phenoxy) is 1. The van der Waals surface area contributed by atoms with Crippen molar-refractivity contribution in [2.45, 2.75) is 6.92 Å². The standard InChI is InChI=1S/C16H16N2O2S/c1-11(19)12-7-9-13(10-8-12)17-16(21)18-14-5-3-4-6-15(14)20-2/h3-10H,1-2H3,(H2,17,18,21). The van der Waals surface area contributed by atoms with E-state index < -0.39 is 0 Å². The zero-order valence-electron chi connectivity index (χ0n) is 11.8. The van der Waals surface area contributed by atoms with E-state index in [0.29, 0.717) is 16.4 Å². The summed E-state index contributed by atoms with van der Waals surface area (Å²) in [6.07, 6.45) is 0. The van der Waals surface area contributed by atoms with Gasteiger partial charge in [-0.3, -0.25) is 4.79 Å². The van der Waals surface area contributed by atoms with E-state index in [0.717, 1.165) is 11.4 Å². The van der Waals surface area contributed by atoms with Crippen LogP contribution in [0.4, 0.5) is 11.4 Å². The van der Waals surface area contributed by atoms with Crippen LogP contribution in [0.5, 0.6) is 5.75 Å². The summed E-state index contributed by atoms with van der Waals surface area (Å²) in [5.74, 6) is 0.754. The van der Waals surface area contributed by atoms with E-state index in [1.54, 1.807) is 19.2 Å². The molecule has 2 aromatic carbocycles. The van der Waals surface area contributed by atoms with E-state index in [9.17, 15) is 4.79 Å². The van der Waals surface area contributed by atoms with Crippen LogP contribution in [0.3, 0.4) is 0 Å². The second-order valence-electron chi connectivity index (χ2n) is 4.41. The molecular weight excluding hydrogens is 284 g/mol. The highest BCUT2D eigenvalue weighted by molar-refractivity contribution is 7.80. The molecule has 0 atom stereocenters. The minimum atomic E-state index is 0.0382. The Morgan fingerprint density at radius 3 is 2.33 bits per heavy atom. The molecule has 0 saturated carbocycles. The summed E-state index contributed by atoms with van der Waals surface area (Å²) in [7, 11) is 1.61. The van der Waals surface area contributed by atoms with Gasteiger partial charge in [-0.2, -0.15) is 0 Å². The minimum Gasteiger partial charge on any atom is -0.495 e. The zero-order valence-corrected chi connectivity index (χ0v) is 12.7. The van der Waals surface area contributed by atoms with Gasteiger partial charge in [-0.15, -0.1) is 0 Å². The Bertz CT molecular complexity index is 654. The van der Waals surface area contributed by atoms with Crippen molar-refractivity contribution >= 4 is 34.5 Å². The second-order valence-corrected chi connectivity index (χ2v) is 4.82. The maximum absolute atomic E-state index is 11.2. The summed E-state index contributed by atoms with van der Waals surface area (Å²) in [5.41, 5.74) is 2.27. The van der Waals surface area contributed by atoms with E-state index in [1.807, 2.05) is 36.4 Å². The molecule has 21 heavy (non-hydrogen) atoms. The molecule has 2 aromatic rings. The van der Waals surface area contributed by atoms with Crippen LogP contribution in [0, 0.1) is 0 Å². The summed E-state index contributed by atoms with van der Waals surface area (Å²) in [5, 5.41) is 6.59. The highest BCUT2D eigenvalue weighted by atomic mass is 32.1. The van der Waals surface area contributed by atoms with Gasteiger partial charge >= 0.3 is 0 Å². The first kappa shape index (κ1) is 15.0. The average Bonchev–Trinajstić information content (AvgIpc) is 2.48. The number of nitrogens with one attached hydrogen (secondary N) is 2. The van der Waals surface area contributed by atoms with Crippen molar-refractivity contribution in [3.8, 4) is 5.75 Å². The highest BCUT2D eigenvalue weighted by Gasteiger charge is 2.04. The molecule has 0 heterocycles. The molecule has 0 aliphatic carbocycles. The molecule has 2 rings (SSSR count). The number of carbonyl (C=O) groups excluding carboxylic acids is 1. The van der Waals surface area contributed by atoms with Crippen molar-refractivity contribution < 1.29 is 9.53 Å². The molecule has 108 valence electrons. The van der Waals surface area contributed by atoms with Crippen molar-refractivity contribution in [1.29, 1.82) is 0 Å². The van der Waals surface area contributed by atoms with Crippen LogP contribution >= 0.6 is 12.2 Å². The number of methoxy groups -OCH3 is 1. The van der Waals surface area contributed by atoms with Crippen molar-refractivity contribution in [2.24, 2.45) is 0 Å². The second kappa shape index (κ2) is 6.85. The minimum absolute atomic E-state index is 0.0382. The normalized spacial score (nSPS) is 9.81. The highest BCUT2D eigenvalue weighted by Crippen LogP contribution is 2.23. The Morgan fingerprint density at radius 2 is 1.71 bits per heavy atom. The van der Waals surface area contributed by atoms with Crippen molar-refractivity contribution in [2.75, 3.05) is 17.7 Å². The number of ketones is 1. The molecule has 0 unspecified atom stereocenters. The first-order valence-corrected chi connectivity index (χ1v) is 6.83. The molecule has 0 saturated heterocycles. The summed E-state index contributed by atoms with van der Waals surface area (Å²) >= 11 is 5.27. The van der Waals surface area contributed by atoms with E-state index in [4.69, 9.17) is 17.0 Å². The van der Waals surface area contributed by atoms with Gasteiger partial charge in [0.2, 0.25) is 0 Å². The van der Waals surface area contributed by atoms with Gasteiger partial charge < -0.3 is 15.4 Å². The summed E-state index contributed by atoms with van der Waals surface area (Å²) < 4.78 is 5.25. The van der Waals surface area contributed by atoms with Crippen LogP contribution in [0.15, 0.2) is 48.5 Å². The maximum Gasteiger partial charge on any atom is 0.175 e. The van der Waals surface area contributed by atoms with Crippen LogP contribution in [0.25, 0.3) is 0 Å². The number of hydrogen-bond donors (Lipinski definition) is 2. The molecule has 0 aromatic heterocycles. The molecule has 0 aliphatic rings. The number of anilines is 2. The third-order valence-electron chi connectivity index (χ3n) is 2.90. The number of benzene rings is 2. The summed E-state index contributed by atoms with van der Waals surface area (Å²) in [4.78, 5) is 11.2. The molecule has 2 N–H and O–H groups in total. The largest absolute Gasteiger partial charge is 0.495 e. The van der Waals surface area contributed by atoms with Gasteiger partial charge in [-0.05, 0) is 55.5 Å². The molecule has 0 spiro atoms. The van der Waals surface area contributed by atoms with Gasteiger partial charge in [0.25, 0.3) is 0 Å². The Morgan fingerprint density at radius 1 is 1.05 bits per heavy atom.